The van der Waals surface area contributed by atoms with Crippen molar-refractivity contribution in [1.82, 2.24) is 0 Å². The quantitative estimate of drug-likeness (QED) is 0.839. The van der Waals surface area contributed by atoms with Gasteiger partial charge in [-0.1, -0.05) is 6.07 Å². The minimum atomic E-state index is -4.34. The van der Waals surface area contributed by atoms with Gasteiger partial charge in [0.15, 0.2) is 0 Å². The first-order valence-electron chi connectivity index (χ1n) is 5.51. The number of benzene rings is 1. The monoisotopic (exact) mass is 245 g/mol. The molecule has 0 fully saturated rings. The fourth-order valence-corrected chi connectivity index (χ4v) is 2.35. The third-order valence-corrected chi connectivity index (χ3v) is 2.98. The van der Waals surface area contributed by atoms with E-state index in [4.69, 9.17) is 0 Å². The summed E-state index contributed by atoms with van der Waals surface area (Å²) in [6.07, 6.45) is -4.60. The molecule has 0 amide bonds. The normalized spacial score (nSPS) is 20.9. The van der Waals surface area contributed by atoms with Gasteiger partial charge in [0.25, 0.3) is 0 Å². The molecular weight excluding hydrogens is 231 g/mol. The molecular formula is C12H14F3NO. The van der Waals surface area contributed by atoms with E-state index in [1.807, 2.05) is 0 Å². The van der Waals surface area contributed by atoms with Gasteiger partial charge in [0.1, 0.15) is 0 Å². The van der Waals surface area contributed by atoms with Crippen LogP contribution in [0.5, 0.6) is 0 Å². The topological polar surface area (TPSA) is 32.3 Å². The molecule has 0 saturated heterocycles. The van der Waals surface area contributed by atoms with Gasteiger partial charge in [-0.25, -0.2) is 0 Å². The van der Waals surface area contributed by atoms with Crippen LogP contribution in [-0.4, -0.2) is 17.8 Å². The molecule has 2 unspecified atom stereocenters. The minimum absolute atomic E-state index is 0.275. The number of hydrogen-bond acceptors (Lipinski definition) is 2. The zero-order valence-corrected chi connectivity index (χ0v) is 9.38. The van der Waals surface area contributed by atoms with Gasteiger partial charge in [-0.2, -0.15) is 13.2 Å². The summed E-state index contributed by atoms with van der Waals surface area (Å²) in [6, 6.07) is 4.15. The van der Waals surface area contributed by atoms with Crippen LogP contribution in [0.15, 0.2) is 18.2 Å². The lowest BCUT2D eigenvalue weighted by atomic mass is 9.91. The summed E-state index contributed by atoms with van der Waals surface area (Å²) < 4.78 is 38.6. The van der Waals surface area contributed by atoms with Gasteiger partial charge in [0.05, 0.1) is 11.7 Å². The molecule has 0 saturated carbocycles. The van der Waals surface area contributed by atoms with Crippen LogP contribution >= 0.6 is 0 Å². The molecule has 2 nitrogen and oxygen atoms in total. The van der Waals surface area contributed by atoms with Crippen molar-refractivity contribution in [2.24, 2.45) is 0 Å². The third-order valence-electron chi connectivity index (χ3n) is 2.98. The summed E-state index contributed by atoms with van der Waals surface area (Å²) in [6.45, 7) is 2.04. The predicted molar refractivity (Wildman–Crippen MR) is 59.0 cm³/mol. The molecule has 0 aliphatic carbocycles. The molecule has 1 aromatic rings. The van der Waals surface area contributed by atoms with Crippen molar-refractivity contribution in [3.05, 3.63) is 29.3 Å². The van der Waals surface area contributed by atoms with Crippen molar-refractivity contribution in [3.63, 3.8) is 0 Å². The molecule has 2 rings (SSSR count). The van der Waals surface area contributed by atoms with Gasteiger partial charge in [-0.3, -0.25) is 0 Å². The average molecular weight is 245 g/mol. The molecule has 2 N–H and O–H groups in total. The van der Waals surface area contributed by atoms with Crippen molar-refractivity contribution in [2.75, 3.05) is 11.9 Å². The van der Waals surface area contributed by atoms with E-state index in [1.165, 1.54) is 6.07 Å². The van der Waals surface area contributed by atoms with Gasteiger partial charge < -0.3 is 10.4 Å². The number of fused-ring (bicyclic) bond motifs is 1. The van der Waals surface area contributed by atoms with E-state index in [2.05, 4.69) is 5.32 Å². The zero-order chi connectivity index (χ0) is 12.6. The van der Waals surface area contributed by atoms with E-state index < -0.39 is 17.8 Å². The van der Waals surface area contributed by atoms with E-state index >= 15 is 0 Å². The lowest BCUT2D eigenvalue weighted by molar-refractivity contribution is -0.138. The van der Waals surface area contributed by atoms with Crippen LogP contribution in [0.4, 0.5) is 18.9 Å². The predicted octanol–water partition coefficient (Wildman–Crippen LogP) is 2.99. The van der Waals surface area contributed by atoms with Crippen molar-refractivity contribution in [1.29, 1.82) is 0 Å². The molecule has 1 aliphatic rings. The molecule has 0 aromatic heterocycles. The Labute approximate surface area is 97.5 Å². The lowest BCUT2D eigenvalue weighted by Crippen LogP contribution is -2.14. The van der Waals surface area contributed by atoms with Crippen molar-refractivity contribution in [3.8, 4) is 0 Å². The lowest BCUT2D eigenvalue weighted by Gasteiger charge is -2.17. The van der Waals surface area contributed by atoms with E-state index in [9.17, 15) is 18.3 Å². The molecule has 5 heteroatoms. The van der Waals surface area contributed by atoms with Crippen LogP contribution in [0.25, 0.3) is 0 Å². The van der Waals surface area contributed by atoms with Gasteiger partial charge >= 0.3 is 6.18 Å². The number of aliphatic hydroxyl groups excluding tert-OH is 1. The highest BCUT2D eigenvalue weighted by atomic mass is 19.4. The number of nitrogens with one attached hydrogen (secondary N) is 1. The maximum absolute atomic E-state index is 12.9. The molecule has 0 bridgehead atoms. The summed E-state index contributed by atoms with van der Waals surface area (Å²) in [5.41, 5.74) is 0.233. The van der Waals surface area contributed by atoms with E-state index in [-0.39, 0.29) is 5.92 Å². The summed E-state index contributed by atoms with van der Waals surface area (Å²) >= 11 is 0. The fraction of sp³-hybridized carbons (Fsp3) is 0.500. The van der Waals surface area contributed by atoms with Gasteiger partial charge in [-0.05, 0) is 31.0 Å². The SMILES string of the molecule is CC(O)CC1CNc2cccc(C(F)(F)F)c21. The first-order chi connectivity index (χ1) is 7.89. The largest absolute Gasteiger partial charge is 0.416 e. The molecule has 1 heterocycles. The Kier molecular flexibility index (Phi) is 3.03. The second-order valence-electron chi connectivity index (χ2n) is 4.43. The third kappa shape index (κ3) is 2.39. The summed E-state index contributed by atoms with van der Waals surface area (Å²) in [4.78, 5) is 0. The molecule has 1 aliphatic heterocycles. The van der Waals surface area contributed by atoms with Gasteiger partial charge in [-0.15, -0.1) is 0 Å². The second kappa shape index (κ2) is 4.22. The summed E-state index contributed by atoms with van der Waals surface area (Å²) in [5.74, 6) is -0.275. The Morgan fingerprint density at radius 3 is 2.76 bits per heavy atom. The number of halogens is 3. The van der Waals surface area contributed by atoms with Crippen molar-refractivity contribution in [2.45, 2.75) is 31.5 Å². The second-order valence-corrected chi connectivity index (χ2v) is 4.43. The average Bonchev–Trinajstić information content (AvgIpc) is 2.59. The minimum Gasteiger partial charge on any atom is -0.393 e. The van der Waals surface area contributed by atoms with Crippen molar-refractivity contribution < 1.29 is 18.3 Å². The van der Waals surface area contributed by atoms with Crippen LogP contribution in [0.2, 0.25) is 0 Å². The molecule has 17 heavy (non-hydrogen) atoms. The van der Waals surface area contributed by atoms with E-state index in [1.54, 1.807) is 13.0 Å². The maximum Gasteiger partial charge on any atom is 0.416 e. The number of hydrogen-bond donors (Lipinski definition) is 2. The van der Waals surface area contributed by atoms with Crippen LogP contribution in [0.3, 0.4) is 0 Å². The van der Waals surface area contributed by atoms with Gasteiger partial charge in [0.2, 0.25) is 0 Å². The van der Waals surface area contributed by atoms with E-state index in [0.29, 0.717) is 24.2 Å². The number of alkyl halides is 3. The fourth-order valence-electron chi connectivity index (χ4n) is 2.35. The Balaban J connectivity index is 2.42. The van der Waals surface area contributed by atoms with Gasteiger partial charge in [0, 0.05) is 18.2 Å². The Morgan fingerprint density at radius 1 is 1.47 bits per heavy atom. The molecule has 94 valence electrons. The van der Waals surface area contributed by atoms with Crippen LogP contribution in [-0.2, 0) is 6.18 Å². The number of anilines is 1. The number of aliphatic hydroxyl groups is 1. The van der Waals surface area contributed by atoms with Crippen LogP contribution in [0.1, 0.15) is 30.4 Å². The standard InChI is InChI=1S/C12H14F3NO/c1-7(17)5-8-6-16-10-4-2-3-9(11(8)10)12(13,14)15/h2-4,7-8,16-17H,5-6H2,1H3. The van der Waals surface area contributed by atoms with E-state index in [0.717, 1.165) is 6.07 Å². The van der Waals surface area contributed by atoms with Crippen molar-refractivity contribution >= 4 is 5.69 Å². The first-order valence-corrected chi connectivity index (χ1v) is 5.51. The Bertz CT molecular complexity index is 415. The highest BCUT2D eigenvalue weighted by Gasteiger charge is 2.38. The first kappa shape index (κ1) is 12.2. The van der Waals surface area contributed by atoms with Crippen LogP contribution < -0.4 is 5.32 Å². The Morgan fingerprint density at radius 2 is 2.18 bits per heavy atom. The molecule has 1 aromatic carbocycles. The molecule has 0 spiro atoms. The highest BCUT2D eigenvalue weighted by Crippen LogP contribution is 2.43. The molecule has 2 atom stereocenters. The maximum atomic E-state index is 12.9. The zero-order valence-electron chi connectivity index (χ0n) is 9.38. The Hall–Kier alpha value is -1.23. The smallest absolute Gasteiger partial charge is 0.393 e. The summed E-state index contributed by atoms with van der Waals surface area (Å²) in [7, 11) is 0. The summed E-state index contributed by atoms with van der Waals surface area (Å²) in [5, 5.41) is 12.3. The van der Waals surface area contributed by atoms with Crippen LogP contribution in [0, 0.1) is 0 Å². The number of rotatable bonds is 2. The molecule has 0 radical (unpaired) electrons. The highest BCUT2D eigenvalue weighted by molar-refractivity contribution is 5.61.